The smallest absolute Gasteiger partial charge is 0.220 e. The first kappa shape index (κ1) is 23.5. The summed E-state index contributed by atoms with van der Waals surface area (Å²) in [6.07, 6.45) is 4.70. The van der Waals surface area contributed by atoms with Crippen LogP contribution in [0.25, 0.3) is 10.9 Å². The Hall–Kier alpha value is -2.63. The zero-order chi connectivity index (χ0) is 23.0. The van der Waals surface area contributed by atoms with Gasteiger partial charge in [0.2, 0.25) is 5.91 Å². The standard InChI is InChI=1S/C28H37N3O2/c1-3-22-12-8-13-24-26(21-31(4-2)28(22)24)25(23-10-6-5-7-11-23)20-27(32)29-14-9-15-30-16-18-33-19-17-30/h5-8,10-13,21,25H,3-4,9,14-20H2,1-2H3,(H,29,32). The van der Waals surface area contributed by atoms with Crippen molar-refractivity contribution in [2.45, 2.75) is 45.6 Å². The molecule has 176 valence electrons. The van der Waals surface area contributed by atoms with Gasteiger partial charge >= 0.3 is 0 Å². The van der Waals surface area contributed by atoms with Crippen LogP contribution in [0.1, 0.15) is 49.3 Å². The topological polar surface area (TPSA) is 46.5 Å². The molecule has 5 heteroatoms. The lowest BCUT2D eigenvalue weighted by atomic mass is 9.87. The number of hydrogen-bond acceptors (Lipinski definition) is 3. The monoisotopic (exact) mass is 447 g/mol. The zero-order valence-electron chi connectivity index (χ0n) is 20.1. The van der Waals surface area contributed by atoms with Crippen molar-refractivity contribution < 1.29 is 9.53 Å². The molecule has 33 heavy (non-hydrogen) atoms. The minimum absolute atomic E-state index is 0.0350. The van der Waals surface area contributed by atoms with Gasteiger partial charge in [0.15, 0.2) is 0 Å². The van der Waals surface area contributed by atoms with E-state index in [2.05, 4.69) is 77.3 Å². The van der Waals surface area contributed by atoms with E-state index in [1.54, 1.807) is 0 Å². The quantitative estimate of drug-likeness (QED) is 0.463. The van der Waals surface area contributed by atoms with Crippen molar-refractivity contribution in [1.82, 2.24) is 14.8 Å². The molecule has 4 rings (SSSR count). The highest BCUT2D eigenvalue weighted by Crippen LogP contribution is 2.36. The highest BCUT2D eigenvalue weighted by Gasteiger charge is 2.23. The van der Waals surface area contributed by atoms with E-state index in [0.717, 1.165) is 52.2 Å². The first-order valence-electron chi connectivity index (χ1n) is 12.4. The summed E-state index contributed by atoms with van der Waals surface area (Å²) >= 11 is 0. The van der Waals surface area contributed by atoms with Crippen molar-refractivity contribution in [3.05, 3.63) is 71.4 Å². The maximum absolute atomic E-state index is 13.0. The Bertz CT molecular complexity index is 1040. The largest absolute Gasteiger partial charge is 0.379 e. The van der Waals surface area contributed by atoms with Gasteiger partial charge in [-0.15, -0.1) is 0 Å². The number of para-hydroxylation sites is 1. The van der Waals surface area contributed by atoms with Gasteiger partial charge in [-0.25, -0.2) is 0 Å². The highest BCUT2D eigenvalue weighted by atomic mass is 16.5. The molecule has 1 aliphatic heterocycles. The summed E-state index contributed by atoms with van der Waals surface area (Å²) in [6, 6.07) is 17.1. The average molecular weight is 448 g/mol. The Balaban J connectivity index is 1.51. The van der Waals surface area contributed by atoms with Crippen LogP contribution in [0.15, 0.2) is 54.7 Å². The number of carbonyl (C=O) groups excluding carboxylic acids is 1. The molecule has 0 saturated carbocycles. The van der Waals surface area contributed by atoms with E-state index in [-0.39, 0.29) is 11.8 Å². The Morgan fingerprint density at radius 2 is 1.85 bits per heavy atom. The number of rotatable bonds is 10. The lowest BCUT2D eigenvalue weighted by Gasteiger charge is -2.26. The van der Waals surface area contributed by atoms with Crippen LogP contribution < -0.4 is 5.32 Å². The van der Waals surface area contributed by atoms with E-state index >= 15 is 0 Å². The molecule has 2 aromatic carbocycles. The number of nitrogens with one attached hydrogen (secondary N) is 1. The predicted octanol–water partition coefficient (Wildman–Crippen LogP) is 4.58. The van der Waals surface area contributed by atoms with Gasteiger partial charge in [-0.2, -0.15) is 0 Å². The second-order valence-electron chi connectivity index (χ2n) is 8.86. The van der Waals surface area contributed by atoms with Crippen LogP contribution in [0.3, 0.4) is 0 Å². The van der Waals surface area contributed by atoms with Gasteiger partial charge in [-0.1, -0.05) is 55.5 Å². The normalized spacial score (nSPS) is 15.6. The minimum atomic E-state index is 0.0350. The maximum atomic E-state index is 13.0. The molecule has 0 aliphatic carbocycles. The molecule has 0 bridgehead atoms. The van der Waals surface area contributed by atoms with Gasteiger partial charge < -0.3 is 14.6 Å². The summed E-state index contributed by atoms with van der Waals surface area (Å²) in [4.78, 5) is 15.4. The molecular weight excluding hydrogens is 410 g/mol. The fraction of sp³-hybridized carbons (Fsp3) is 0.464. The lowest BCUT2D eigenvalue weighted by molar-refractivity contribution is -0.121. The molecule has 1 saturated heterocycles. The Morgan fingerprint density at radius 1 is 1.06 bits per heavy atom. The summed E-state index contributed by atoms with van der Waals surface area (Å²) in [7, 11) is 0. The SMILES string of the molecule is CCc1cccc2c(C(CC(=O)NCCCN3CCOCC3)c3ccccc3)cn(CC)c12. The van der Waals surface area contributed by atoms with Crippen molar-refractivity contribution >= 4 is 16.8 Å². The molecule has 1 amide bonds. The van der Waals surface area contributed by atoms with E-state index in [0.29, 0.717) is 13.0 Å². The Kier molecular flexibility index (Phi) is 8.19. The van der Waals surface area contributed by atoms with E-state index in [1.807, 2.05) is 6.07 Å². The summed E-state index contributed by atoms with van der Waals surface area (Å²) in [5, 5.41) is 4.45. The third kappa shape index (κ3) is 5.66. The predicted molar refractivity (Wildman–Crippen MR) is 135 cm³/mol. The molecule has 0 spiro atoms. The van der Waals surface area contributed by atoms with E-state index in [4.69, 9.17) is 4.74 Å². The molecule has 1 atom stereocenters. The first-order chi connectivity index (χ1) is 16.2. The molecule has 1 N–H and O–H groups in total. The molecule has 1 aliphatic rings. The molecule has 3 aromatic rings. The van der Waals surface area contributed by atoms with Gasteiger partial charge in [0.05, 0.1) is 18.7 Å². The number of carbonyl (C=O) groups is 1. The van der Waals surface area contributed by atoms with Gasteiger partial charge in [0.1, 0.15) is 0 Å². The van der Waals surface area contributed by atoms with Crippen LogP contribution in [0.4, 0.5) is 0 Å². The average Bonchev–Trinajstić information content (AvgIpc) is 3.25. The molecule has 2 heterocycles. The molecule has 0 radical (unpaired) electrons. The number of aromatic nitrogens is 1. The van der Waals surface area contributed by atoms with Crippen molar-refractivity contribution in [2.75, 3.05) is 39.4 Å². The van der Waals surface area contributed by atoms with Gasteiger partial charge in [-0.3, -0.25) is 9.69 Å². The minimum Gasteiger partial charge on any atom is -0.379 e. The number of hydrogen-bond donors (Lipinski definition) is 1. The summed E-state index contributed by atoms with van der Waals surface area (Å²) < 4.78 is 7.76. The third-order valence-corrected chi connectivity index (χ3v) is 6.78. The first-order valence-corrected chi connectivity index (χ1v) is 12.4. The zero-order valence-corrected chi connectivity index (χ0v) is 20.1. The van der Waals surface area contributed by atoms with Crippen LogP contribution in [0, 0.1) is 0 Å². The maximum Gasteiger partial charge on any atom is 0.220 e. The van der Waals surface area contributed by atoms with Crippen LogP contribution in [-0.2, 0) is 22.5 Å². The molecule has 1 aromatic heterocycles. The Labute approximate surface area is 197 Å². The van der Waals surface area contributed by atoms with E-state index in [9.17, 15) is 4.79 Å². The van der Waals surface area contributed by atoms with Gasteiger partial charge in [0, 0.05) is 50.1 Å². The Morgan fingerprint density at radius 3 is 2.58 bits per heavy atom. The molecule has 1 unspecified atom stereocenters. The summed E-state index contributed by atoms with van der Waals surface area (Å²) in [6.45, 7) is 10.7. The third-order valence-electron chi connectivity index (χ3n) is 6.78. The number of fused-ring (bicyclic) bond motifs is 1. The number of amides is 1. The molecule has 1 fully saturated rings. The lowest BCUT2D eigenvalue weighted by Crippen LogP contribution is -2.38. The van der Waals surface area contributed by atoms with Crippen molar-refractivity contribution in [3.8, 4) is 0 Å². The fourth-order valence-electron chi connectivity index (χ4n) is 4.98. The second kappa shape index (κ2) is 11.5. The van der Waals surface area contributed by atoms with Crippen LogP contribution in [0.5, 0.6) is 0 Å². The van der Waals surface area contributed by atoms with Crippen LogP contribution in [-0.4, -0.2) is 54.8 Å². The second-order valence-corrected chi connectivity index (χ2v) is 8.86. The number of benzene rings is 2. The van der Waals surface area contributed by atoms with Gasteiger partial charge in [0.25, 0.3) is 0 Å². The number of nitrogens with zero attached hydrogens (tertiary/aromatic N) is 2. The highest BCUT2D eigenvalue weighted by molar-refractivity contribution is 5.89. The number of morpholine rings is 1. The van der Waals surface area contributed by atoms with Crippen molar-refractivity contribution in [1.29, 1.82) is 0 Å². The fourth-order valence-corrected chi connectivity index (χ4v) is 4.98. The molecule has 5 nitrogen and oxygen atoms in total. The summed E-state index contributed by atoms with van der Waals surface area (Å²) in [5.41, 5.74) is 5.11. The summed E-state index contributed by atoms with van der Waals surface area (Å²) in [5.74, 6) is 0.155. The van der Waals surface area contributed by atoms with E-state index in [1.165, 1.54) is 27.6 Å². The number of ether oxygens (including phenoxy) is 1. The number of aryl methyl sites for hydroxylation is 2. The van der Waals surface area contributed by atoms with Crippen molar-refractivity contribution in [3.63, 3.8) is 0 Å². The molecular formula is C28H37N3O2. The van der Waals surface area contributed by atoms with Crippen molar-refractivity contribution in [2.24, 2.45) is 0 Å². The van der Waals surface area contributed by atoms with Crippen LogP contribution in [0.2, 0.25) is 0 Å². The van der Waals surface area contributed by atoms with Crippen LogP contribution >= 0.6 is 0 Å². The van der Waals surface area contributed by atoms with Gasteiger partial charge in [-0.05, 0) is 43.0 Å². The van der Waals surface area contributed by atoms with E-state index < -0.39 is 0 Å².